The molecule has 0 saturated heterocycles. The minimum Gasteiger partial charge on any atom is -0.393 e. The van der Waals surface area contributed by atoms with Gasteiger partial charge in [0.05, 0.1) is 18.3 Å². The molecule has 0 amide bonds. The molecule has 1 atom stereocenters. The molecule has 0 aliphatic carbocycles. The maximum absolute atomic E-state index is 14.3. The summed E-state index contributed by atoms with van der Waals surface area (Å²) in [5, 5.41) is 9.80. The van der Waals surface area contributed by atoms with Crippen LogP contribution in [-0.2, 0) is 13.6 Å². The highest BCUT2D eigenvalue weighted by Crippen LogP contribution is 2.65. The Bertz CT molecular complexity index is 334. The van der Waals surface area contributed by atoms with Gasteiger partial charge in [-0.1, -0.05) is 32.6 Å². The van der Waals surface area contributed by atoms with Crippen LogP contribution in [0.25, 0.3) is 0 Å². The maximum atomic E-state index is 14.3. The quantitative estimate of drug-likeness (QED) is 0.383. The average molecular weight is 344 g/mol. The summed E-state index contributed by atoms with van der Waals surface area (Å²) in [6.45, 7) is 8.13. The molecule has 0 heterocycles. The molecule has 7 heteroatoms. The summed E-state index contributed by atoms with van der Waals surface area (Å²) in [6, 6.07) is 0. The molecule has 0 aliphatic rings. The summed E-state index contributed by atoms with van der Waals surface area (Å²) in [4.78, 5) is 0. The number of rotatable bonds is 12. The third kappa shape index (κ3) is 8.00. The SMILES string of the molecule is CCCCCCC(O)CC(F)(F)P(=O)(OC(C)C)OC(C)C. The van der Waals surface area contributed by atoms with Crippen LogP contribution < -0.4 is 0 Å². The number of alkyl halides is 2. The fraction of sp³-hybridized carbons (Fsp3) is 1.00. The second-order valence-corrected chi connectivity index (χ2v) is 8.25. The van der Waals surface area contributed by atoms with Crippen molar-refractivity contribution in [1.29, 1.82) is 0 Å². The fourth-order valence-electron chi connectivity index (χ4n) is 2.04. The van der Waals surface area contributed by atoms with Crippen molar-refractivity contribution in [3.63, 3.8) is 0 Å². The van der Waals surface area contributed by atoms with E-state index >= 15 is 0 Å². The summed E-state index contributed by atoms with van der Waals surface area (Å²) >= 11 is 0. The van der Waals surface area contributed by atoms with E-state index in [1.54, 1.807) is 0 Å². The lowest BCUT2D eigenvalue weighted by Crippen LogP contribution is -2.28. The zero-order chi connectivity index (χ0) is 17.4. The van der Waals surface area contributed by atoms with Gasteiger partial charge in [0.15, 0.2) is 0 Å². The summed E-state index contributed by atoms with van der Waals surface area (Å²) in [5.41, 5.74) is -3.70. The Morgan fingerprint density at radius 2 is 1.55 bits per heavy atom. The van der Waals surface area contributed by atoms with Crippen LogP contribution in [0.3, 0.4) is 0 Å². The van der Waals surface area contributed by atoms with Crippen molar-refractivity contribution >= 4 is 7.60 Å². The molecule has 0 rings (SSSR count). The van der Waals surface area contributed by atoms with Crippen molar-refractivity contribution in [3.05, 3.63) is 0 Å². The molecule has 0 fully saturated rings. The third-order valence-electron chi connectivity index (χ3n) is 2.97. The van der Waals surface area contributed by atoms with Crippen LogP contribution in [0.2, 0.25) is 0 Å². The first-order chi connectivity index (χ1) is 10.0. The van der Waals surface area contributed by atoms with Gasteiger partial charge >= 0.3 is 13.3 Å². The second-order valence-electron chi connectivity index (χ2n) is 6.18. The second kappa shape index (κ2) is 9.96. The van der Waals surface area contributed by atoms with Crippen molar-refractivity contribution < 1.29 is 27.5 Å². The first-order valence-electron chi connectivity index (χ1n) is 8.07. The maximum Gasteiger partial charge on any atom is 0.400 e. The molecular formula is C15H31F2O4P. The smallest absolute Gasteiger partial charge is 0.393 e. The van der Waals surface area contributed by atoms with Crippen LogP contribution in [0, 0.1) is 0 Å². The van der Waals surface area contributed by atoms with Gasteiger partial charge in [-0.15, -0.1) is 0 Å². The molecule has 0 aromatic rings. The Kier molecular flexibility index (Phi) is 9.95. The molecule has 134 valence electrons. The number of hydrogen-bond donors (Lipinski definition) is 1. The van der Waals surface area contributed by atoms with Crippen molar-refractivity contribution in [2.24, 2.45) is 0 Å². The van der Waals surface area contributed by atoms with Crippen molar-refractivity contribution in [2.45, 2.75) is 97.1 Å². The van der Waals surface area contributed by atoms with Gasteiger partial charge in [0.1, 0.15) is 0 Å². The van der Waals surface area contributed by atoms with Crippen LogP contribution >= 0.6 is 7.60 Å². The van der Waals surface area contributed by atoms with Crippen molar-refractivity contribution in [2.75, 3.05) is 0 Å². The zero-order valence-electron chi connectivity index (χ0n) is 14.3. The monoisotopic (exact) mass is 344 g/mol. The van der Waals surface area contributed by atoms with E-state index in [0.717, 1.165) is 19.3 Å². The van der Waals surface area contributed by atoms with E-state index < -0.39 is 38.0 Å². The average Bonchev–Trinajstić information content (AvgIpc) is 2.31. The lowest BCUT2D eigenvalue weighted by atomic mass is 10.1. The first kappa shape index (κ1) is 22.0. The van der Waals surface area contributed by atoms with E-state index in [1.807, 2.05) is 6.92 Å². The minimum atomic E-state index is -4.63. The van der Waals surface area contributed by atoms with Gasteiger partial charge < -0.3 is 14.2 Å². The molecule has 0 aromatic heterocycles. The Morgan fingerprint density at radius 3 is 1.95 bits per heavy atom. The third-order valence-corrected chi connectivity index (χ3v) is 5.35. The summed E-state index contributed by atoms with van der Waals surface area (Å²) in [7, 11) is -4.63. The molecule has 0 aromatic carbocycles. The van der Waals surface area contributed by atoms with Crippen LogP contribution in [0.15, 0.2) is 0 Å². The number of unbranched alkanes of at least 4 members (excludes halogenated alkanes) is 3. The van der Waals surface area contributed by atoms with E-state index in [0.29, 0.717) is 6.42 Å². The highest BCUT2D eigenvalue weighted by atomic mass is 31.2. The first-order valence-corrected chi connectivity index (χ1v) is 9.61. The molecule has 22 heavy (non-hydrogen) atoms. The zero-order valence-corrected chi connectivity index (χ0v) is 15.2. The highest BCUT2D eigenvalue weighted by molar-refractivity contribution is 7.55. The Balaban J connectivity index is 4.77. The predicted molar refractivity (Wildman–Crippen MR) is 84.4 cm³/mol. The van der Waals surface area contributed by atoms with Crippen molar-refractivity contribution in [3.8, 4) is 0 Å². The van der Waals surface area contributed by atoms with Gasteiger partial charge in [-0.25, -0.2) is 0 Å². The van der Waals surface area contributed by atoms with E-state index in [1.165, 1.54) is 27.7 Å². The van der Waals surface area contributed by atoms with Crippen LogP contribution in [-0.4, -0.2) is 29.1 Å². The molecule has 0 spiro atoms. The summed E-state index contributed by atoms with van der Waals surface area (Å²) < 4.78 is 51.0. The van der Waals surface area contributed by atoms with Gasteiger partial charge in [0, 0.05) is 6.42 Å². The summed E-state index contributed by atoms with van der Waals surface area (Å²) in [6.07, 6.45) is 0.434. The normalized spacial score (nSPS) is 14.8. The molecule has 0 aliphatic heterocycles. The van der Waals surface area contributed by atoms with Crippen LogP contribution in [0.5, 0.6) is 0 Å². The Morgan fingerprint density at radius 1 is 1.05 bits per heavy atom. The van der Waals surface area contributed by atoms with Gasteiger partial charge in [-0.05, 0) is 34.1 Å². The molecule has 1 unspecified atom stereocenters. The fourth-order valence-corrected chi connectivity index (χ4v) is 3.94. The molecular weight excluding hydrogens is 313 g/mol. The molecule has 0 bridgehead atoms. The molecule has 0 saturated carbocycles. The largest absolute Gasteiger partial charge is 0.400 e. The minimum absolute atomic E-state index is 0.263. The van der Waals surface area contributed by atoms with E-state index in [9.17, 15) is 18.5 Å². The molecule has 1 N–H and O–H groups in total. The number of aliphatic hydroxyl groups is 1. The Hall–Kier alpha value is -0.0300. The van der Waals surface area contributed by atoms with E-state index in [2.05, 4.69) is 0 Å². The number of halogens is 2. The highest BCUT2D eigenvalue weighted by Gasteiger charge is 2.55. The van der Waals surface area contributed by atoms with Gasteiger partial charge in [0.2, 0.25) is 0 Å². The Labute approximate surface area is 133 Å². The lowest BCUT2D eigenvalue weighted by Gasteiger charge is -2.30. The standard InChI is InChI=1S/C15H31F2O4P/c1-6-7-8-9-10-14(18)11-15(16,17)22(19,20-12(2)3)21-13(4)5/h12-14,18H,6-11H2,1-5H3. The lowest BCUT2D eigenvalue weighted by molar-refractivity contribution is -0.0189. The van der Waals surface area contributed by atoms with Gasteiger partial charge in [-0.3, -0.25) is 4.57 Å². The number of hydrogen-bond acceptors (Lipinski definition) is 4. The van der Waals surface area contributed by atoms with Gasteiger partial charge in [-0.2, -0.15) is 8.78 Å². The predicted octanol–water partition coefficient (Wildman–Crippen LogP) is 5.34. The van der Waals surface area contributed by atoms with E-state index in [4.69, 9.17) is 9.05 Å². The van der Waals surface area contributed by atoms with E-state index in [-0.39, 0.29) is 6.42 Å². The molecule has 0 radical (unpaired) electrons. The topological polar surface area (TPSA) is 55.8 Å². The number of aliphatic hydroxyl groups excluding tert-OH is 1. The van der Waals surface area contributed by atoms with Crippen LogP contribution in [0.1, 0.15) is 73.1 Å². The van der Waals surface area contributed by atoms with Gasteiger partial charge in [0.25, 0.3) is 0 Å². The van der Waals surface area contributed by atoms with Crippen molar-refractivity contribution in [1.82, 2.24) is 0 Å². The summed E-state index contributed by atoms with van der Waals surface area (Å²) in [5.74, 6) is 0. The van der Waals surface area contributed by atoms with Crippen LogP contribution in [0.4, 0.5) is 8.78 Å². The molecule has 4 nitrogen and oxygen atoms in total.